The van der Waals surface area contributed by atoms with Gasteiger partial charge >= 0.3 is 0 Å². The topological polar surface area (TPSA) is 47.6 Å². The van der Waals surface area contributed by atoms with Crippen molar-refractivity contribution in [2.75, 3.05) is 14.2 Å². The van der Waals surface area contributed by atoms with Crippen molar-refractivity contribution in [3.8, 4) is 11.5 Å². The zero-order valence-corrected chi connectivity index (χ0v) is 10.6. The molecule has 1 aromatic rings. The predicted octanol–water partition coefficient (Wildman–Crippen LogP) is 1.77. The maximum Gasteiger partial charge on any atom is 0.255 e. The Morgan fingerprint density at radius 1 is 1.24 bits per heavy atom. The van der Waals surface area contributed by atoms with Crippen LogP contribution >= 0.6 is 0 Å². The van der Waals surface area contributed by atoms with E-state index in [-0.39, 0.29) is 11.4 Å². The minimum Gasteiger partial charge on any atom is -0.497 e. The third-order valence-corrected chi connectivity index (χ3v) is 2.92. The molecule has 0 unspecified atom stereocenters. The Hall–Kier alpha value is -1.71. The first kappa shape index (κ1) is 11.8. The molecule has 0 spiro atoms. The summed E-state index contributed by atoms with van der Waals surface area (Å²) in [7, 11) is 3.16. The fourth-order valence-corrected chi connectivity index (χ4v) is 2.21. The van der Waals surface area contributed by atoms with E-state index >= 15 is 0 Å². The van der Waals surface area contributed by atoms with Gasteiger partial charge in [0.15, 0.2) is 0 Å². The summed E-state index contributed by atoms with van der Waals surface area (Å²) in [5.41, 5.74) is 1.35. The lowest BCUT2D eigenvalue weighted by molar-refractivity contribution is 0.0893. The van der Waals surface area contributed by atoms with Crippen molar-refractivity contribution >= 4 is 5.91 Å². The van der Waals surface area contributed by atoms with E-state index in [1.54, 1.807) is 20.3 Å². The van der Waals surface area contributed by atoms with Gasteiger partial charge in [-0.05, 0) is 31.9 Å². The molecule has 0 saturated carbocycles. The van der Waals surface area contributed by atoms with E-state index in [9.17, 15) is 4.79 Å². The first-order valence-corrected chi connectivity index (χ1v) is 5.54. The fraction of sp³-hybridized carbons (Fsp3) is 0.462. The summed E-state index contributed by atoms with van der Waals surface area (Å²) >= 11 is 0. The van der Waals surface area contributed by atoms with Crippen LogP contribution in [-0.4, -0.2) is 25.7 Å². The molecule has 0 radical (unpaired) electrons. The molecule has 1 aromatic carbocycles. The van der Waals surface area contributed by atoms with Gasteiger partial charge in [-0.15, -0.1) is 0 Å². The van der Waals surface area contributed by atoms with Gasteiger partial charge in [-0.1, -0.05) is 0 Å². The molecule has 1 aliphatic heterocycles. The summed E-state index contributed by atoms with van der Waals surface area (Å²) < 4.78 is 10.5. The fourth-order valence-electron chi connectivity index (χ4n) is 2.21. The Bertz CT molecular complexity index is 466. The predicted molar refractivity (Wildman–Crippen MR) is 64.8 cm³/mol. The molecule has 92 valence electrons. The van der Waals surface area contributed by atoms with Crippen LogP contribution < -0.4 is 14.8 Å². The lowest BCUT2D eigenvalue weighted by Crippen LogP contribution is -2.49. The van der Waals surface area contributed by atoms with Crippen LogP contribution in [0.2, 0.25) is 0 Å². The molecule has 0 saturated heterocycles. The Morgan fingerprint density at radius 3 is 2.53 bits per heavy atom. The van der Waals surface area contributed by atoms with Gasteiger partial charge in [0.05, 0.1) is 19.8 Å². The Morgan fingerprint density at radius 2 is 1.94 bits per heavy atom. The third kappa shape index (κ3) is 2.07. The lowest BCUT2D eigenvalue weighted by Gasteiger charge is -2.33. The number of carbonyl (C=O) groups excluding carboxylic acids is 1. The van der Waals surface area contributed by atoms with Gasteiger partial charge in [0, 0.05) is 11.6 Å². The minimum absolute atomic E-state index is 0.0873. The van der Waals surface area contributed by atoms with Crippen LogP contribution in [-0.2, 0) is 6.42 Å². The maximum atomic E-state index is 12.0. The zero-order valence-electron chi connectivity index (χ0n) is 10.6. The van der Waals surface area contributed by atoms with E-state index in [4.69, 9.17) is 9.47 Å². The van der Waals surface area contributed by atoms with Crippen molar-refractivity contribution in [3.63, 3.8) is 0 Å². The van der Waals surface area contributed by atoms with Gasteiger partial charge < -0.3 is 14.8 Å². The van der Waals surface area contributed by atoms with Gasteiger partial charge in [-0.2, -0.15) is 0 Å². The van der Waals surface area contributed by atoms with Crippen molar-refractivity contribution in [1.29, 1.82) is 0 Å². The molecular weight excluding hydrogens is 218 g/mol. The number of rotatable bonds is 2. The largest absolute Gasteiger partial charge is 0.497 e. The third-order valence-electron chi connectivity index (χ3n) is 2.92. The van der Waals surface area contributed by atoms with Crippen molar-refractivity contribution in [2.45, 2.75) is 25.8 Å². The zero-order chi connectivity index (χ0) is 12.6. The van der Waals surface area contributed by atoms with Gasteiger partial charge in [0.1, 0.15) is 11.5 Å². The number of nitrogens with one attached hydrogen (secondary N) is 1. The number of benzene rings is 1. The van der Waals surface area contributed by atoms with Crippen LogP contribution in [0.5, 0.6) is 11.5 Å². The monoisotopic (exact) mass is 235 g/mol. The van der Waals surface area contributed by atoms with Gasteiger partial charge in [-0.25, -0.2) is 0 Å². The number of hydrogen-bond acceptors (Lipinski definition) is 3. The normalized spacial score (nSPS) is 17.1. The van der Waals surface area contributed by atoms with E-state index in [0.29, 0.717) is 17.1 Å². The summed E-state index contributed by atoms with van der Waals surface area (Å²) in [5, 5.41) is 2.96. The SMILES string of the molecule is COc1cc2c(c(OC)c1)C(=O)NC(C)(C)C2. The molecular formula is C13H17NO3. The van der Waals surface area contributed by atoms with Crippen molar-refractivity contribution < 1.29 is 14.3 Å². The van der Waals surface area contributed by atoms with Crippen LogP contribution in [0, 0.1) is 0 Å². The maximum absolute atomic E-state index is 12.0. The Balaban J connectivity index is 2.58. The molecule has 0 aromatic heterocycles. The summed E-state index contributed by atoms with van der Waals surface area (Å²) in [5.74, 6) is 1.19. The highest BCUT2D eigenvalue weighted by Gasteiger charge is 2.32. The van der Waals surface area contributed by atoms with Gasteiger partial charge in [0.2, 0.25) is 0 Å². The minimum atomic E-state index is -0.235. The molecule has 1 aliphatic rings. The second-order valence-electron chi connectivity index (χ2n) is 4.88. The molecule has 1 heterocycles. The highest BCUT2D eigenvalue weighted by Crippen LogP contribution is 2.33. The van der Waals surface area contributed by atoms with Gasteiger partial charge in [0.25, 0.3) is 5.91 Å². The van der Waals surface area contributed by atoms with E-state index in [2.05, 4.69) is 5.32 Å². The van der Waals surface area contributed by atoms with Crippen LogP contribution in [0.4, 0.5) is 0 Å². The smallest absolute Gasteiger partial charge is 0.255 e. The summed E-state index contributed by atoms with van der Waals surface area (Å²) in [6.07, 6.45) is 0.766. The average molecular weight is 235 g/mol. The molecule has 2 rings (SSSR count). The molecule has 0 atom stereocenters. The summed E-state index contributed by atoms with van der Waals surface area (Å²) in [4.78, 5) is 12.0. The number of ether oxygens (including phenoxy) is 2. The van der Waals surface area contributed by atoms with Crippen LogP contribution in [0.15, 0.2) is 12.1 Å². The van der Waals surface area contributed by atoms with E-state index in [1.807, 2.05) is 19.9 Å². The lowest BCUT2D eigenvalue weighted by atomic mass is 9.86. The van der Waals surface area contributed by atoms with Crippen LogP contribution in [0.1, 0.15) is 29.8 Å². The highest BCUT2D eigenvalue weighted by atomic mass is 16.5. The second kappa shape index (κ2) is 3.95. The van der Waals surface area contributed by atoms with Crippen molar-refractivity contribution in [2.24, 2.45) is 0 Å². The quantitative estimate of drug-likeness (QED) is 0.849. The molecule has 4 nitrogen and oxygen atoms in total. The second-order valence-corrected chi connectivity index (χ2v) is 4.88. The number of carbonyl (C=O) groups is 1. The van der Waals surface area contributed by atoms with E-state index in [1.165, 1.54) is 0 Å². The number of fused-ring (bicyclic) bond motifs is 1. The molecule has 0 bridgehead atoms. The Labute approximate surface area is 101 Å². The van der Waals surface area contributed by atoms with Crippen LogP contribution in [0.25, 0.3) is 0 Å². The van der Waals surface area contributed by atoms with Crippen molar-refractivity contribution in [1.82, 2.24) is 5.32 Å². The highest BCUT2D eigenvalue weighted by molar-refractivity contribution is 6.00. The van der Waals surface area contributed by atoms with E-state index < -0.39 is 0 Å². The number of hydrogen-bond donors (Lipinski definition) is 1. The van der Waals surface area contributed by atoms with Crippen LogP contribution in [0.3, 0.4) is 0 Å². The standard InChI is InChI=1S/C13H17NO3/c1-13(2)7-8-5-9(16-3)6-10(17-4)11(8)12(15)14-13/h5-6H,7H2,1-4H3,(H,14,15). The number of methoxy groups -OCH3 is 2. The molecule has 4 heteroatoms. The number of amides is 1. The molecule has 17 heavy (non-hydrogen) atoms. The first-order chi connectivity index (χ1) is 7.96. The summed E-state index contributed by atoms with van der Waals surface area (Å²) in [6.45, 7) is 4.00. The summed E-state index contributed by atoms with van der Waals surface area (Å²) in [6, 6.07) is 3.63. The molecule has 1 amide bonds. The van der Waals surface area contributed by atoms with Gasteiger partial charge in [-0.3, -0.25) is 4.79 Å². The van der Waals surface area contributed by atoms with Crippen molar-refractivity contribution in [3.05, 3.63) is 23.3 Å². The van der Waals surface area contributed by atoms with E-state index in [0.717, 1.165) is 12.0 Å². The first-order valence-electron chi connectivity index (χ1n) is 5.54. The Kier molecular flexibility index (Phi) is 2.73. The molecule has 1 N–H and O–H groups in total. The molecule has 0 aliphatic carbocycles. The molecule has 0 fully saturated rings. The average Bonchev–Trinajstić information content (AvgIpc) is 2.25.